The molecule has 1 aromatic carbocycles. The summed E-state index contributed by atoms with van der Waals surface area (Å²) in [5.74, 6) is -0.792. The summed E-state index contributed by atoms with van der Waals surface area (Å²) in [7, 11) is 0. The molecular formula is C17H22F2N2. The summed E-state index contributed by atoms with van der Waals surface area (Å²) < 4.78 is 29.2. The third-order valence-corrected chi connectivity index (χ3v) is 4.02. The van der Waals surface area contributed by atoms with Crippen LogP contribution >= 0.6 is 0 Å². The Kier molecular flexibility index (Phi) is 4.78. The van der Waals surface area contributed by atoms with Crippen molar-refractivity contribution in [3.05, 3.63) is 58.4 Å². The van der Waals surface area contributed by atoms with Gasteiger partial charge in [0, 0.05) is 36.1 Å². The molecule has 2 nitrogen and oxygen atoms in total. The molecule has 0 bridgehead atoms. The second kappa shape index (κ2) is 6.39. The van der Waals surface area contributed by atoms with Gasteiger partial charge < -0.3 is 9.88 Å². The molecule has 0 amide bonds. The lowest BCUT2D eigenvalue weighted by Crippen LogP contribution is -2.19. The molecule has 1 atom stereocenters. The van der Waals surface area contributed by atoms with Gasteiger partial charge in [0.25, 0.3) is 0 Å². The highest BCUT2D eigenvalue weighted by Gasteiger charge is 2.13. The van der Waals surface area contributed by atoms with Crippen LogP contribution in [0.3, 0.4) is 0 Å². The number of benzene rings is 1. The zero-order valence-electron chi connectivity index (χ0n) is 13.0. The van der Waals surface area contributed by atoms with Crippen molar-refractivity contribution in [2.24, 2.45) is 0 Å². The van der Waals surface area contributed by atoms with Gasteiger partial charge in [-0.3, -0.25) is 0 Å². The summed E-state index contributed by atoms with van der Waals surface area (Å²) in [6, 6.07) is 5.46. The molecule has 2 aromatic rings. The molecule has 114 valence electrons. The predicted molar refractivity (Wildman–Crippen MR) is 81.2 cm³/mol. The first kappa shape index (κ1) is 15.7. The predicted octanol–water partition coefficient (Wildman–Crippen LogP) is 4.25. The van der Waals surface area contributed by atoms with E-state index in [1.807, 2.05) is 6.92 Å². The van der Waals surface area contributed by atoms with Crippen molar-refractivity contribution in [2.75, 3.05) is 0 Å². The van der Waals surface area contributed by atoms with Crippen molar-refractivity contribution in [2.45, 2.75) is 46.8 Å². The van der Waals surface area contributed by atoms with Gasteiger partial charge in [0.2, 0.25) is 0 Å². The number of hydrogen-bond donors (Lipinski definition) is 1. The summed E-state index contributed by atoms with van der Waals surface area (Å²) in [5.41, 5.74) is 3.99. The Morgan fingerprint density at radius 3 is 2.52 bits per heavy atom. The van der Waals surface area contributed by atoms with E-state index < -0.39 is 5.82 Å². The fourth-order valence-electron chi connectivity index (χ4n) is 2.76. The smallest absolute Gasteiger partial charge is 0.128 e. The van der Waals surface area contributed by atoms with E-state index in [0.717, 1.165) is 12.6 Å². The van der Waals surface area contributed by atoms with E-state index in [-0.39, 0.29) is 11.9 Å². The lowest BCUT2D eigenvalue weighted by atomic mass is 10.1. The Morgan fingerprint density at radius 2 is 1.90 bits per heavy atom. The van der Waals surface area contributed by atoms with Gasteiger partial charge >= 0.3 is 0 Å². The Balaban J connectivity index is 2.11. The van der Waals surface area contributed by atoms with Crippen molar-refractivity contribution >= 4 is 0 Å². The molecule has 0 spiro atoms. The van der Waals surface area contributed by atoms with Crippen molar-refractivity contribution in [1.82, 2.24) is 9.88 Å². The maximum atomic E-state index is 13.7. The highest BCUT2D eigenvalue weighted by Crippen LogP contribution is 2.20. The first-order valence-corrected chi connectivity index (χ1v) is 7.28. The SMILES string of the molecule is CCn1c(C)cc(CNC(C)c2cc(F)ccc2F)c1C. The third-order valence-electron chi connectivity index (χ3n) is 4.02. The molecule has 1 unspecified atom stereocenters. The number of hydrogen-bond acceptors (Lipinski definition) is 1. The molecule has 0 saturated carbocycles. The van der Waals surface area contributed by atoms with Crippen LogP contribution in [-0.4, -0.2) is 4.57 Å². The van der Waals surface area contributed by atoms with Gasteiger partial charge in [-0.25, -0.2) is 8.78 Å². The summed E-state index contributed by atoms with van der Waals surface area (Å²) in [6.07, 6.45) is 0. The van der Waals surface area contributed by atoms with Crippen LogP contribution in [0.15, 0.2) is 24.3 Å². The normalized spacial score (nSPS) is 12.7. The van der Waals surface area contributed by atoms with Gasteiger partial charge in [-0.15, -0.1) is 0 Å². The number of aryl methyl sites for hydroxylation is 1. The Hall–Kier alpha value is -1.68. The number of nitrogens with zero attached hydrogens (tertiary/aromatic N) is 1. The van der Waals surface area contributed by atoms with Gasteiger partial charge in [-0.2, -0.15) is 0 Å². The van der Waals surface area contributed by atoms with E-state index >= 15 is 0 Å². The van der Waals surface area contributed by atoms with E-state index in [1.54, 1.807) is 0 Å². The van der Waals surface area contributed by atoms with E-state index in [0.29, 0.717) is 12.1 Å². The van der Waals surface area contributed by atoms with Crippen LogP contribution in [0.2, 0.25) is 0 Å². The summed E-state index contributed by atoms with van der Waals surface area (Å²) in [6.45, 7) is 9.69. The number of nitrogens with one attached hydrogen (secondary N) is 1. The summed E-state index contributed by atoms with van der Waals surface area (Å²) in [4.78, 5) is 0. The topological polar surface area (TPSA) is 17.0 Å². The van der Waals surface area contributed by atoms with Crippen LogP contribution < -0.4 is 5.32 Å². The van der Waals surface area contributed by atoms with E-state index in [2.05, 4.69) is 36.7 Å². The molecule has 0 saturated heterocycles. The Labute approximate surface area is 124 Å². The molecule has 4 heteroatoms. The van der Waals surface area contributed by atoms with Crippen LogP contribution in [0.5, 0.6) is 0 Å². The average Bonchev–Trinajstić information content (AvgIpc) is 2.73. The second-order valence-corrected chi connectivity index (χ2v) is 5.41. The molecule has 21 heavy (non-hydrogen) atoms. The number of rotatable bonds is 5. The van der Waals surface area contributed by atoms with Gasteiger partial charge in [0.15, 0.2) is 0 Å². The molecule has 2 rings (SSSR count). The first-order valence-electron chi connectivity index (χ1n) is 7.28. The largest absolute Gasteiger partial charge is 0.349 e. The molecule has 0 aliphatic carbocycles. The Morgan fingerprint density at radius 1 is 1.19 bits per heavy atom. The minimum Gasteiger partial charge on any atom is -0.349 e. The molecular weight excluding hydrogens is 270 g/mol. The van der Waals surface area contributed by atoms with Crippen molar-refractivity contribution < 1.29 is 8.78 Å². The van der Waals surface area contributed by atoms with Crippen LogP contribution in [-0.2, 0) is 13.1 Å². The van der Waals surface area contributed by atoms with Gasteiger partial charge in [-0.05, 0) is 57.5 Å². The van der Waals surface area contributed by atoms with Crippen LogP contribution in [0.25, 0.3) is 0 Å². The molecule has 0 radical (unpaired) electrons. The molecule has 0 fully saturated rings. The fourth-order valence-corrected chi connectivity index (χ4v) is 2.76. The molecule has 1 aromatic heterocycles. The monoisotopic (exact) mass is 292 g/mol. The molecule has 1 N–H and O–H groups in total. The number of halogens is 2. The maximum Gasteiger partial charge on any atom is 0.128 e. The average molecular weight is 292 g/mol. The minimum atomic E-state index is -0.413. The molecule has 1 heterocycles. The highest BCUT2D eigenvalue weighted by atomic mass is 19.1. The molecule has 0 aliphatic heterocycles. The van der Waals surface area contributed by atoms with Crippen LogP contribution in [0, 0.1) is 25.5 Å². The first-order chi connectivity index (χ1) is 9.93. The van der Waals surface area contributed by atoms with E-state index in [9.17, 15) is 8.78 Å². The maximum absolute atomic E-state index is 13.7. The quantitative estimate of drug-likeness (QED) is 0.871. The standard InChI is InChI=1S/C17H22F2N2/c1-5-21-11(2)8-14(13(21)4)10-20-12(3)16-9-15(18)6-7-17(16)19/h6-9,12,20H,5,10H2,1-4H3. The van der Waals surface area contributed by atoms with Crippen molar-refractivity contribution in [3.63, 3.8) is 0 Å². The second-order valence-electron chi connectivity index (χ2n) is 5.41. The van der Waals surface area contributed by atoms with Gasteiger partial charge in [0.05, 0.1) is 0 Å². The van der Waals surface area contributed by atoms with Crippen LogP contribution in [0.4, 0.5) is 8.78 Å². The Bertz CT molecular complexity index is 632. The fraction of sp³-hybridized carbons (Fsp3) is 0.412. The van der Waals surface area contributed by atoms with Gasteiger partial charge in [-0.1, -0.05) is 0 Å². The molecule has 0 aliphatic rings. The number of aromatic nitrogens is 1. The minimum absolute atomic E-state index is 0.245. The van der Waals surface area contributed by atoms with Crippen LogP contribution in [0.1, 0.15) is 42.4 Å². The van der Waals surface area contributed by atoms with E-state index in [4.69, 9.17) is 0 Å². The zero-order valence-corrected chi connectivity index (χ0v) is 13.0. The summed E-state index contributed by atoms with van der Waals surface area (Å²) in [5, 5.41) is 3.27. The van der Waals surface area contributed by atoms with Crippen molar-refractivity contribution in [1.29, 1.82) is 0 Å². The highest BCUT2D eigenvalue weighted by molar-refractivity contribution is 5.27. The lowest BCUT2D eigenvalue weighted by molar-refractivity contribution is 0.517. The van der Waals surface area contributed by atoms with Crippen molar-refractivity contribution in [3.8, 4) is 0 Å². The van der Waals surface area contributed by atoms with E-state index in [1.165, 1.54) is 29.1 Å². The lowest BCUT2D eigenvalue weighted by Gasteiger charge is -2.15. The summed E-state index contributed by atoms with van der Waals surface area (Å²) >= 11 is 0. The van der Waals surface area contributed by atoms with Gasteiger partial charge in [0.1, 0.15) is 11.6 Å². The third kappa shape index (κ3) is 3.32. The zero-order chi connectivity index (χ0) is 15.6.